The summed E-state index contributed by atoms with van der Waals surface area (Å²) in [6, 6.07) is 7.94. The van der Waals surface area contributed by atoms with Gasteiger partial charge in [0.1, 0.15) is 11.4 Å². The Labute approximate surface area is 126 Å². The summed E-state index contributed by atoms with van der Waals surface area (Å²) < 4.78 is 6.13. The molecule has 0 aliphatic rings. The lowest BCUT2D eigenvalue weighted by atomic mass is 10.3. The largest absolute Gasteiger partial charge is 0.506 e. The molecule has 6 nitrogen and oxygen atoms in total. The zero-order valence-electron chi connectivity index (χ0n) is 11.5. The fourth-order valence-electron chi connectivity index (χ4n) is 1.78. The van der Waals surface area contributed by atoms with Gasteiger partial charge in [-0.2, -0.15) is 9.78 Å². The van der Waals surface area contributed by atoms with Gasteiger partial charge in [0.15, 0.2) is 0 Å². The van der Waals surface area contributed by atoms with E-state index in [2.05, 4.69) is 10.4 Å². The Morgan fingerprint density at radius 3 is 2.95 bits per heavy atom. The molecule has 0 unspecified atom stereocenters. The molecule has 0 bridgehead atoms. The normalized spacial score (nSPS) is 10.8. The van der Waals surface area contributed by atoms with Crippen LogP contribution in [0.2, 0.25) is 5.02 Å². The van der Waals surface area contributed by atoms with Crippen molar-refractivity contribution in [3.05, 3.63) is 51.4 Å². The monoisotopic (exact) mass is 309 g/mol. The van der Waals surface area contributed by atoms with Crippen LogP contribution in [-0.2, 0) is 11.3 Å². The standard InChI is InChI=1S/C14H16ClN3O3/c1-21-6-5-16-9-12-13(19)8-14(20)18(17-12)11-4-2-3-10(15)7-11/h2-4,7-8,16,19H,5-6,9H2,1H3. The van der Waals surface area contributed by atoms with E-state index in [4.69, 9.17) is 16.3 Å². The third-order valence-corrected chi connectivity index (χ3v) is 3.05. The molecule has 2 rings (SSSR count). The zero-order chi connectivity index (χ0) is 15.2. The van der Waals surface area contributed by atoms with E-state index >= 15 is 0 Å². The molecule has 0 saturated heterocycles. The molecule has 2 aromatic rings. The number of aromatic nitrogens is 2. The number of ether oxygens (including phenoxy) is 1. The van der Waals surface area contributed by atoms with Gasteiger partial charge < -0.3 is 15.2 Å². The Hall–Kier alpha value is -1.89. The van der Waals surface area contributed by atoms with Crippen molar-refractivity contribution in [3.63, 3.8) is 0 Å². The topological polar surface area (TPSA) is 76.4 Å². The Balaban J connectivity index is 2.28. The molecule has 0 aliphatic carbocycles. The van der Waals surface area contributed by atoms with Crippen LogP contribution in [-0.4, -0.2) is 35.1 Å². The Bertz CT molecular complexity index is 673. The van der Waals surface area contributed by atoms with E-state index in [-0.39, 0.29) is 5.75 Å². The number of nitrogens with zero attached hydrogens (tertiary/aromatic N) is 2. The highest BCUT2D eigenvalue weighted by atomic mass is 35.5. The van der Waals surface area contributed by atoms with Gasteiger partial charge in [-0.25, -0.2) is 0 Å². The molecule has 0 atom stereocenters. The molecule has 7 heteroatoms. The van der Waals surface area contributed by atoms with Crippen LogP contribution in [0.1, 0.15) is 5.69 Å². The third-order valence-electron chi connectivity index (χ3n) is 2.81. The second kappa shape index (κ2) is 7.21. The number of nitrogens with one attached hydrogen (secondary N) is 1. The van der Waals surface area contributed by atoms with E-state index in [1.54, 1.807) is 31.4 Å². The molecular weight excluding hydrogens is 294 g/mol. The van der Waals surface area contributed by atoms with E-state index in [1.807, 2.05) is 0 Å². The lowest BCUT2D eigenvalue weighted by molar-refractivity contribution is 0.199. The zero-order valence-corrected chi connectivity index (χ0v) is 12.3. The van der Waals surface area contributed by atoms with E-state index < -0.39 is 5.56 Å². The number of halogens is 1. The Morgan fingerprint density at radius 1 is 1.43 bits per heavy atom. The van der Waals surface area contributed by atoms with Crippen LogP contribution < -0.4 is 10.9 Å². The molecule has 21 heavy (non-hydrogen) atoms. The van der Waals surface area contributed by atoms with Crippen molar-refractivity contribution in [3.8, 4) is 11.4 Å². The van der Waals surface area contributed by atoms with Gasteiger partial charge in [-0.3, -0.25) is 4.79 Å². The first-order valence-corrected chi connectivity index (χ1v) is 6.77. The maximum absolute atomic E-state index is 11.9. The van der Waals surface area contributed by atoms with E-state index in [1.165, 1.54) is 4.68 Å². The van der Waals surface area contributed by atoms with Crippen molar-refractivity contribution in [2.45, 2.75) is 6.54 Å². The average Bonchev–Trinajstić information content (AvgIpc) is 2.45. The fraction of sp³-hybridized carbons (Fsp3) is 0.286. The Morgan fingerprint density at radius 2 is 2.24 bits per heavy atom. The predicted molar refractivity (Wildman–Crippen MR) is 80.1 cm³/mol. The highest BCUT2D eigenvalue weighted by Gasteiger charge is 2.09. The maximum Gasteiger partial charge on any atom is 0.275 e. The predicted octanol–water partition coefficient (Wildman–Crippen LogP) is 1.33. The summed E-state index contributed by atoms with van der Waals surface area (Å²) in [5.74, 6) is -0.136. The molecule has 2 N–H and O–H groups in total. The van der Waals surface area contributed by atoms with Crippen molar-refractivity contribution >= 4 is 11.6 Å². The van der Waals surface area contributed by atoms with Gasteiger partial charge in [-0.05, 0) is 18.2 Å². The second-order valence-corrected chi connectivity index (χ2v) is 4.81. The van der Waals surface area contributed by atoms with Crippen molar-refractivity contribution in [2.75, 3.05) is 20.3 Å². The quantitative estimate of drug-likeness (QED) is 0.787. The van der Waals surface area contributed by atoms with Crippen molar-refractivity contribution in [1.82, 2.24) is 15.1 Å². The molecule has 0 fully saturated rings. The number of aromatic hydroxyl groups is 1. The lowest BCUT2D eigenvalue weighted by Gasteiger charge is -2.10. The van der Waals surface area contributed by atoms with Crippen LogP contribution in [0.15, 0.2) is 35.1 Å². The summed E-state index contributed by atoms with van der Waals surface area (Å²) in [7, 11) is 1.61. The van der Waals surface area contributed by atoms with Crippen molar-refractivity contribution in [1.29, 1.82) is 0 Å². The molecule has 112 valence electrons. The SMILES string of the molecule is COCCNCc1nn(-c2cccc(Cl)c2)c(=O)cc1O. The van der Waals surface area contributed by atoms with Crippen LogP contribution >= 0.6 is 11.6 Å². The first-order chi connectivity index (χ1) is 10.1. The summed E-state index contributed by atoms with van der Waals surface area (Å²) in [6.07, 6.45) is 0. The number of benzene rings is 1. The molecule has 0 spiro atoms. The van der Waals surface area contributed by atoms with Gasteiger partial charge in [0.05, 0.1) is 12.3 Å². The minimum atomic E-state index is -0.421. The molecule has 1 heterocycles. The van der Waals surface area contributed by atoms with Gasteiger partial charge in [-0.15, -0.1) is 0 Å². The summed E-state index contributed by atoms with van der Waals surface area (Å²) in [4.78, 5) is 11.9. The highest BCUT2D eigenvalue weighted by Crippen LogP contribution is 2.15. The first kappa shape index (κ1) is 15.5. The van der Waals surface area contributed by atoms with Crippen LogP contribution in [0.25, 0.3) is 5.69 Å². The van der Waals surface area contributed by atoms with Gasteiger partial charge in [0.2, 0.25) is 0 Å². The van der Waals surface area contributed by atoms with E-state index in [0.29, 0.717) is 36.1 Å². The van der Waals surface area contributed by atoms with Gasteiger partial charge in [0.25, 0.3) is 5.56 Å². The van der Waals surface area contributed by atoms with Crippen LogP contribution in [0.3, 0.4) is 0 Å². The summed E-state index contributed by atoms with van der Waals surface area (Å²) in [5, 5.41) is 17.5. The fourth-order valence-corrected chi connectivity index (χ4v) is 1.97. The highest BCUT2D eigenvalue weighted by molar-refractivity contribution is 6.30. The van der Waals surface area contributed by atoms with Crippen LogP contribution in [0.5, 0.6) is 5.75 Å². The van der Waals surface area contributed by atoms with Gasteiger partial charge in [0, 0.05) is 31.3 Å². The van der Waals surface area contributed by atoms with Crippen molar-refractivity contribution < 1.29 is 9.84 Å². The summed E-state index contributed by atoms with van der Waals surface area (Å²) in [5.41, 5.74) is 0.506. The number of hydrogen-bond donors (Lipinski definition) is 2. The minimum absolute atomic E-state index is 0.136. The smallest absolute Gasteiger partial charge is 0.275 e. The average molecular weight is 310 g/mol. The van der Waals surface area contributed by atoms with Crippen LogP contribution in [0.4, 0.5) is 0 Å². The third kappa shape index (κ3) is 4.04. The molecular formula is C14H16ClN3O3. The van der Waals surface area contributed by atoms with Crippen LogP contribution in [0, 0.1) is 0 Å². The number of rotatable bonds is 6. The molecule has 1 aromatic heterocycles. The Kier molecular flexibility index (Phi) is 5.32. The minimum Gasteiger partial charge on any atom is -0.506 e. The molecule has 1 aromatic carbocycles. The maximum atomic E-state index is 11.9. The van der Waals surface area contributed by atoms with Crippen molar-refractivity contribution in [2.24, 2.45) is 0 Å². The summed E-state index contributed by atoms with van der Waals surface area (Å²) >= 11 is 5.92. The van der Waals surface area contributed by atoms with Gasteiger partial charge >= 0.3 is 0 Å². The van der Waals surface area contributed by atoms with Gasteiger partial charge in [-0.1, -0.05) is 17.7 Å². The second-order valence-electron chi connectivity index (χ2n) is 4.38. The molecule has 0 radical (unpaired) electrons. The van der Waals surface area contributed by atoms with E-state index in [0.717, 1.165) is 6.07 Å². The lowest BCUT2D eigenvalue weighted by Crippen LogP contribution is -2.25. The molecule has 0 amide bonds. The number of hydrogen-bond acceptors (Lipinski definition) is 5. The summed E-state index contributed by atoms with van der Waals surface area (Å²) in [6.45, 7) is 1.50. The molecule has 0 saturated carbocycles. The number of methoxy groups -OCH3 is 1. The molecule has 0 aliphatic heterocycles. The van der Waals surface area contributed by atoms with E-state index in [9.17, 15) is 9.90 Å². The first-order valence-electron chi connectivity index (χ1n) is 6.39.